The molecule has 10 nitrogen and oxygen atoms in total. The van der Waals surface area contributed by atoms with Crippen molar-refractivity contribution < 1.29 is 9.59 Å². The molecule has 4 rings (SSSR count). The van der Waals surface area contributed by atoms with Crippen molar-refractivity contribution in [3.8, 4) is 0 Å². The molecule has 1 aliphatic heterocycles. The highest BCUT2D eigenvalue weighted by Gasteiger charge is 2.29. The van der Waals surface area contributed by atoms with E-state index in [0.717, 1.165) is 16.6 Å². The fourth-order valence-corrected chi connectivity index (χ4v) is 5.01. The largest absolute Gasteiger partial charge is 0.343 e. The van der Waals surface area contributed by atoms with Crippen LogP contribution in [0.15, 0.2) is 27.4 Å². The van der Waals surface area contributed by atoms with Crippen LogP contribution in [0.1, 0.15) is 30.2 Å². The van der Waals surface area contributed by atoms with Crippen LogP contribution in [-0.2, 0) is 43.2 Å². The summed E-state index contributed by atoms with van der Waals surface area (Å²) in [6.07, 6.45) is 3.44. The zero-order valence-electron chi connectivity index (χ0n) is 18.3. The Bertz CT molecular complexity index is 1300. The van der Waals surface area contributed by atoms with Gasteiger partial charge in [0.25, 0.3) is 5.56 Å². The molecule has 1 unspecified atom stereocenters. The van der Waals surface area contributed by atoms with E-state index in [9.17, 15) is 19.2 Å². The van der Waals surface area contributed by atoms with Gasteiger partial charge in [0, 0.05) is 32.1 Å². The van der Waals surface area contributed by atoms with Crippen molar-refractivity contribution in [2.24, 2.45) is 14.1 Å². The minimum absolute atomic E-state index is 0.139. The van der Waals surface area contributed by atoms with E-state index in [4.69, 9.17) is 0 Å². The number of hydrogen-bond donors (Lipinski definition) is 1. The molecule has 3 aromatic heterocycles. The van der Waals surface area contributed by atoms with E-state index in [-0.39, 0.29) is 17.1 Å². The first-order chi connectivity index (χ1) is 15.3. The molecular formula is C21H26N6O4S. The molecule has 2 amide bonds. The summed E-state index contributed by atoms with van der Waals surface area (Å²) in [5.74, 6) is -0.690. The molecule has 0 saturated heterocycles. The van der Waals surface area contributed by atoms with Gasteiger partial charge in [0.2, 0.25) is 11.8 Å². The normalized spacial score (nSPS) is 14.4. The van der Waals surface area contributed by atoms with Gasteiger partial charge in [-0.2, -0.15) is 0 Å². The number of imidazole rings is 1. The van der Waals surface area contributed by atoms with Crippen molar-refractivity contribution in [3.63, 3.8) is 0 Å². The lowest BCUT2D eigenvalue weighted by Crippen LogP contribution is -2.51. The van der Waals surface area contributed by atoms with E-state index in [1.165, 1.54) is 27.4 Å². The number of carbonyl (C=O) groups excluding carboxylic acids is 2. The minimum Gasteiger partial charge on any atom is -0.343 e. The summed E-state index contributed by atoms with van der Waals surface area (Å²) in [6.45, 7) is 2.62. The van der Waals surface area contributed by atoms with Gasteiger partial charge in [0.15, 0.2) is 11.2 Å². The lowest BCUT2D eigenvalue weighted by Gasteiger charge is -2.31. The van der Waals surface area contributed by atoms with Crippen LogP contribution in [0.25, 0.3) is 11.2 Å². The van der Waals surface area contributed by atoms with Gasteiger partial charge in [-0.1, -0.05) is 13.3 Å². The number of hydrogen-bond acceptors (Lipinski definition) is 6. The fraction of sp³-hybridized carbons (Fsp3) is 0.476. The van der Waals surface area contributed by atoms with E-state index in [2.05, 4.69) is 10.3 Å². The summed E-state index contributed by atoms with van der Waals surface area (Å²) in [6, 6.07) is 1.33. The molecule has 1 N–H and O–H groups in total. The Hall–Kier alpha value is -3.21. The van der Waals surface area contributed by atoms with Crippen LogP contribution >= 0.6 is 11.3 Å². The number of nitrogens with zero attached hydrogens (tertiary/aromatic N) is 5. The van der Waals surface area contributed by atoms with Crippen molar-refractivity contribution in [2.75, 3.05) is 6.54 Å². The van der Waals surface area contributed by atoms with Crippen LogP contribution in [0.5, 0.6) is 0 Å². The summed E-state index contributed by atoms with van der Waals surface area (Å²) >= 11 is 1.70. The molecule has 0 spiro atoms. The lowest BCUT2D eigenvalue weighted by molar-refractivity contribution is -0.137. The SMILES string of the molecule is CCCC(NC(=O)Cn1c(=O)c2c(ncn2C)n(C)c1=O)C(=O)N1CCc2sccc2C1. The van der Waals surface area contributed by atoms with Crippen molar-refractivity contribution in [3.05, 3.63) is 49.1 Å². The number of nitrogens with one attached hydrogen (secondary N) is 1. The van der Waals surface area contributed by atoms with Gasteiger partial charge in [-0.15, -0.1) is 11.3 Å². The van der Waals surface area contributed by atoms with E-state index in [1.807, 2.05) is 18.4 Å². The second-order valence-corrected chi connectivity index (χ2v) is 9.05. The minimum atomic E-state index is -0.701. The quantitative estimate of drug-likeness (QED) is 0.574. The Morgan fingerprint density at radius 1 is 1.28 bits per heavy atom. The van der Waals surface area contributed by atoms with Crippen LogP contribution in [-0.4, -0.2) is 48.0 Å². The predicted molar refractivity (Wildman–Crippen MR) is 120 cm³/mol. The number of rotatable bonds is 6. The molecule has 0 radical (unpaired) electrons. The number of thiophene rings is 1. The smallest absolute Gasteiger partial charge is 0.332 e. The highest BCUT2D eigenvalue weighted by Crippen LogP contribution is 2.24. The molecule has 11 heteroatoms. The summed E-state index contributed by atoms with van der Waals surface area (Å²) in [4.78, 5) is 58.6. The molecule has 0 aliphatic carbocycles. The third kappa shape index (κ3) is 3.88. The second-order valence-electron chi connectivity index (χ2n) is 8.05. The van der Waals surface area contributed by atoms with Crippen LogP contribution in [0.3, 0.4) is 0 Å². The van der Waals surface area contributed by atoms with Gasteiger partial charge in [0.1, 0.15) is 12.6 Å². The topological polar surface area (TPSA) is 111 Å². The monoisotopic (exact) mass is 458 g/mol. The lowest BCUT2D eigenvalue weighted by atomic mass is 10.1. The van der Waals surface area contributed by atoms with Gasteiger partial charge < -0.3 is 14.8 Å². The van der Waals surface area contributed by atoms with Gasteiger partial charge in [-0.25, -0.2) is 14.3 Å². The summed E-state index contributed by atoms with van der Waals surface area (Å²) in [7, 11) is 3.16. The number of aromatic nitrogens is 4. The van der Waals surface area contributed by atoms with Crippen LogP contribution < -0.4 is 16.6 Å². The van der Waals surface area contributed by atoms with Gasteiger partial charge in [-0.3, -0.25) is 19.0 Å². The Kier molecular flexibility index (Phi) is 6.00. The maximum Gasteiger partial charge on any atom is 0.332 e. The van der Waals surface area contributed by atoms with Crippen molar-refractivity contribution in [1.29, 1.82) is 0 Å². The van der Waals surface area contributed by atoms with Crippen LogP contribution in [0, 0.1) is 0 Å². The maximum absolute atomic E-state index is 13.1. The summed E-state index contributed by atoms with van der Waals surface area (Å²) in [5, 5.41) is 4.78. The molecule has 0 fully saturated rings. The van der Waals surface area contributed by atoms with Gasteiger partial charge >= 0.3 is 5.69 Å². The first-order valence-corrected chi connectivity index (χ1v) is 11.4. The first-order valence-electron chi connectivity index (χ1n) is 10.6. The standard InChI is InChI=1S/C21H26N6O4S/c1-4-5-14(19(29)26-8-6-15-13(10-26)7-9-32-15)23-16(28)11-27-20(30)17-18(22-12-24(17)2)25(3)21(27)31/h7,9,12,14H,4-6,8,10-11H2,1-3H3,(H,23,28). The predicted octanol–water partition coefficient (Wildman–Crippen LogP) is 0.365. The van der Waals surface area contributed by atoms with E-state index in [1.54, 1.807) is 23.3 Å². The van der Waals surface area contributed by atoms with E-state index < -0.39 is 29.7 Å². The zero-order valence-corrected chi connectivity index (χ0v) is 19.1. The second kappa shape index (κ2) is 8.73. The average Bonchev–Trinajstić information content (AvgIpc) is 3.40. The number of amides is 2. The van der Waals surface area contributed by atoms with Crippen LogP contribution in [0.2, 0.25) is 0 Å². The Morgan fingerprint density at radius 2 is 2.06 bits per heavy atom. The highest BCUT2D eigenvalue weighted by atomic mass is 32.1. The molecular weight excluding hydrogens is 432 g/mol. The fourth-order valence-electron chi connectivity index (χ4n) is 4.12. The van der Waals surface area contributed by atoms with E-state index >= 15 is 0 Å². The molecule has 0 saturated carbocycles. The van der Waals surface area contributed by atoms with Crippen LogP contribution in [0.4, 0.5) is 0 Å². The summed E-state index contributed by atoms with van der Waals surface area (Å²) < 4.78 is 3.64. The highest BCUT2D eigenvalue weighted by molar-refractivity contribution is 7.10. The molecule has 0 bridgehead atoms. The Morgan fingerprint density at radius 3 is 2.81 bits per heavy atom. The third-order valence-electron chi connectivity index (χ3n) is 5.83. The van der Waals surface area contributed by atoms with Crippen molar-refractivity contribution in [2.45, 2.75) is 45.3 Å². The number of carbonyl (C=O) groups is 2. The Labute approximate surface area is 188 Å². The maximum atomic E-state index is 13.1. The molecule has 0 aromatic carbocycles. The zero-order chi connectivity index (χ0) is 23.0. The first kappa shape index (κ1) is 22.0. The molecule has 32 heavy (non-hydrogen) atoms. The molecule has 170 valence electrons. The molecule has 4 heterocycles. The Balaban J connectivity index is 1.53. The molecule has 1 atom stereocenters. The summed E-state index contributed by atoms with van der Waals surface area (Å²) in [5.41, 5.74) is 0.432. The number of aryl methyl sites for hydroxylation is 2. The number of fused-ring (bicyclic) bond motifs is 2. The molecule has 1 aliphatic rings. The average molecular weight is 459 g/mol. The van der Waals surface area contributed by atoms with Gasteiger partial charge in [-0.05, 0) is 29.9 Å². The van der Waals surface area contributed by atoms with E-state index in [0.29, 0.717) is 25.9 Å². The van der Waals surface area contributed by atoms with Crippen molar-refractivity contribution in [1.82, 2.24) is 28.9 Å². The van der Waals surface area contributed by atoms with Crippen molar-refractivity contribution >= 4 is 34.3 Å². The van der Waals surface area contributed by atoms with Gasteiger partial charge in [0.05, 0.1) is 6.33 Å². The third-order valence-corrected chi connectivity index (χ3v) is 6.86. The molecule has 3 aromatic rings.